The molecular weight excluding hydrogens is 467 g/mol. The standard InChI is InChI=1S/C24H30Cl2N2O3S/c1-17(2)13-23(19-7-4-3-5-8-19)27-24(29)20-9-6-12-28(15-20)32(30,31)16-18-10-11-21(25)22(26)14-18/h3-5,7-8,10-11,14,17,20,23H,6,9,12-13,15-16H2,1-2H3,(H,27,29)/t20-,23-/m1/s1. The number of rotatable bonds is 8. The summed E-state index contributed by atoms with van der Waals surface area (Å²) in [7, 11) is -3.58. The average molecular weight is 497 g/mol. The van der Waals surface area contributed by atoms with Crippen molar-refractivity contribution in [2.45, 2.75) is 44.9 Å². The minimum atomic E-state index is -3.58. The normalized spacial score (nSPS) is 18.5. The molecule has 174 valence electrons. The molecule has 0 radical (unpaired) electrons. The Bertz CT molecular complexity index is 1030. The smallest absolute Gasteiger partial charge is 0.224 e. The van der Waals surface area contributed by atoms with Crippen LogP contribution in [0.25, 0.3) is 0 Å². The molecule has 2 atom stereocenters. The zero-order valence-corrected chi connectivity index (χ0v) is 20.8. The fraction of sp³-hybridized carbons (Fsp3) is 0.458. The van der Waals surface area contributed by atoms with Crippen LogP contribution in [0.1, 0.15) is 50.3 Å². The van der Waals surface area contributed by atoms with Crippen molar-refractivity contribution in [3.8, 4) is 0 Å². The summed E-state index contributed by atoms with van der Waals surface area (Å²) in [5.74, 6) is -0.215. The number of sulfonamides is 1. The van der Waals surface area contributed by atoms with Crippen LogP contribution in [0.15, 0.2) is 48.5 Å². The minimum absolute atomic E-state index is 0.0889. The molecule has 1 N–H and O–H groups in total. The van der Waals surface area contributed by atoms with E-state index in [1.54, 1.807) is 18.2 Å². The van der Waals surface area contributed by atoms with Crippen LogP contribution in [0.4, 0.5) is 0 Å². The highest BCUT2D eigenvalue weighted by molar-refractivity contribution is 7.88. The molecule has 0 bridgehead atoms. The third-order valence-electron chi connectivity index (χ3n) is 5.71. The van der Waals surface area contributed by atoms with Crippen LogP contribution in [0.5, 0.6) is 0 Å². The van der Waals surface area contributed by atoms with Gasteiger partial charge in [-0.25, -0.2) is 12.7 Å². The second-order valence-corrected chi connectivity index (χ2v) is 11.6. The molecule has 0 unspecified atom stereocenters. The van der Waals surface area contributed by atoms with Gasteiger partial charge in [0.05, 0.1) is 27.8 Å². The fourth-order valence-electron chi connectivity index (χ4n) is 4.07. The summed E-state index contributed by atoms with van der Waals surface area (Å²) in [4.78, 5) is 13.1. The summed E-state index contributed by atoms with van der Waals surface area (Å²) in [6.45, 7) is 4.86. The molecule has 5 nitrogen and oxygen atoms in total. The maximum absolute atomic E-state index is 13.1. The summed E-state index contributed by atoms with van der Waals surface area (Å²) in [5, 5.41) is 3.89. The van der Waals surface area contributed by atoms with Crippen LogP contribution in [-0.4, -0.2) is 31.7 Å². The Balaban J connectivity index is 1.68. The van der Waals surface area contributed by atoms with Crippen molar-refractivity contribution in [3.63, 3.8) is 0 Å². The molecule has 1 aliphatic heterocycles. The Morgan fingerprint density at radius 1 is 1.12 bits per heavy atom. The van der Waals surface area contributed by atoms with Crippen molar-refractivity contribution in [1.82, 2.24) is 9.62 Å². The van der Waals surface area contributed by atoms with E-state index in [9.17, 15) is 13.2 Å². The van der Waals surface area contributed by atoms with E-state index in [2.05, 4.69) is 19.2 Å². The van der Waals surface area contributed by atoms with Crippen LogP contribution >= 0.6 is 23.2 Å². The second-order valence-electron chi connectivity index (χ2n) is 8.80. The van der Waals surface area contributed by atoms with E-state index >= 15 is 0 Å². The van der Waals surface area contributed by atoms with Gasteiger partial charge in [0.25, 0.3) is 0 Å². The summed E-state index contributed by atoms with van der Waals surface area (Å²) < 4.78 is 27.5. The summed E-state index contributed by atoms with van der Waals surface area (Å²) in [6.07, 6.45) is 2.15. The highest BCUT2D eigenvalue weighted by atomic mass is 35.5. The van der Waals surface area contributed by atoms with Crippen molar-refractivity contribution in [2.75, 3.05) is 13.1 Å². The largest absolute Gasteiger partial charge is 0.349 e. The first-order valence-electron chi connectivity index (χ1n) is 10.9. The number of nitrogens with one attached hydrogen (secondary N) is 1. The number of hydrogen-bond acceptors (Lipinski definition) is 3. The summed E-state index contributed by atoms with van der Waals surface area (Å²) in [5.41, 5.74) is 1.64. The number of halogens is 2. The molecule has 2 aromatic carbocycles. The molecule has 32 heavy (non-hydrogen) atoms. The van der Waals surface area contributed by atoms with E-state index in [4.69, 9.17) is 23.2 Å². The zero-order chi connectivity index (χ0) is 23.3. The molecule has 1 saturated heterocycles. The van der Waals surface area contributed by atoms with Crippen LogP contribution in [0, 0.1) is 11.8 Å². The predicted molar refractivity (Wildman–Crippen MR) is 130 cm³/mol. The Kier molecular flexibility index (Phi) is 8.62. The van der Waals surface area contributed by atoms with Gasteiger partial charge < -0.3 is 5.32 Å². The molecule has 0 spiro atoms. The van der Waals surface area contributed by atoms with E-state index < -0.39 is 10.0 Å². The van der Waals surface area contributed by atoms with Crippen LogP contribution < -0.4 is 5.32 Å². The number of hydrogen-bond donors (Lipinski definition) is 1. The molecule has 8 heteroatoms. The number of carbonyl (C=O) groups is 1. The Hall–Kier alpha value is -1.60. The lowest BCUT2D eigenvalue weighted by Crippen LogP contribution is -2.46. The first-order valence-corrected chi connectivity index (χ1v) is 13.3. The molecule has 0 aromatic heterocycles. The molecule has 3 rings (SSSR count). The van der Waals surface area contributed by atoms with Crippen LogP contribution in [0.3, 0.4) is 0 Å². The van der Waals surface area contributed by atoms with Gasteiger partial charge in [-0.3, -0.25) is 4.79 Å². The highest BCUT2D eigenvalue weighted by Crippen LogP contribution is 2.27. The van der Waals surface area contributed by atoms with Gasteiger partial charge >= 0.3 is 0 Å². The van der Waals surface area contributed by atoms with Gasteiger partial charge in [0, 0.05) is 13.1 Å². The number of benzene rings is 2. The third kappa shape index (κ3) is 6.70. The molecule has 1 heterocycles. The van der Waals surface area contributed by atoms with Crippen LogP contribution in [-0.2, 0) is 20.6 Å². The molecule has 0 saturated carbocycles. The topological polar surface area (TPSA) is 66.5 Å². The Morgan fingerprint density at radius 2 is 1.84 bits per heavy atom. The van der Waals surface area contributed by atoms with Crippen molar-refractivity contribution in [3.05, 3.63) is 69.7 Å². The van der Waals surface area contributed by atoms with Gasteiger partial charge in [0.2, 0.25) is 15.9 Å². The number of piperidine rings is 1. The van der Waals surface area contributed by atoms with E-state index in [1.165, 1.54) is 4.31 Å². The lowest BCUT2D eigenvalue weighted by atomic mass is 9.94. The lowest BCUT2D eigenvalue weighted by molar-refractivity contribution is -0.127. The Labute approximate surface area is 201 Å². The first-order chi connectivity index (χ1) is 15.2. The molecule has 1 aliphatic rings. The third-order valence-corrected chi connectivity index (χ3v) is 8.26. The maximum atomic E-state index is 13.1. The van der Waals surface area contributed by atoms with Crippen LogP contribution in [0.2, 0.25) is 10.0 Å². The second kappa shape index (κ2) is 11.0. The van der Waals surface area contributed by atoms with Crippen molar-refractivity contribution in [1.29, 1.82) is 0 Å². The summed E-state index contributed by atoms with van der Waals surface area (Å²) >= 11 is 12.0. The average Bonchev–Trinajstić information content (AvgIpc) is 2.76. The van der Waals surface area contributed by atoms with Gasteiger partial charge in [0.15, 0.2) is 0 Å². The minimum Gasteiger partial charge on any atom is -0.349 e. The fourth-order valence-corrected chi connectivity index (χ4v) is 5.98. The van der Waals surface area contributed by atoms with E-state index in [-0.39, 0.29) is 30.2 Å². The van der Waals surface area contributed by atoms with Gasteiger partial charge in [-0.1, -0.05) is 73.4 Å². The van der Waals surface area contributed by atoms with E-state index in [0.29, 0.717) is 40.9 Å². The van der Waals surface area contributed by atoms with Crippen molar-refractivity contribution >= 4 is 39.1 Å². The Morgan fingerprint density at radius 3 is 2.50 bits per heavy atom. The predicted octanol–water partition coefficient (Wildman–Crippen LogP) is 5.44. The highest BCUT2D eigenvalue weighted by Gasteiger charge is 2.33. The zero-order valence-electron chi connectivity index (χ0n) is 18.4. The van der Waals surface area contributed by atoms with Gasteiger partial charge in [-0.2, -0.15) is 0 Å². The van der Waals surface area contributed by atoms with E-state index in [0.717, 1.165) is 12.0 Å². The van der Waals surface area contributed by atoms with Crippen molar-refractivity contribution in [2.24, 2.45) is 11.8 Å². The lowest BCUT2D eigenvalue weighted by Gasteiger charge is -2.32. The molecular formula is C24H30Cl2N2O3S. The van der Waals surface area contributed by atoms with Gasteiger partial charge in [0.1, 0.15) is 0 Å². The van der Waals surface area contributed by atoms with Gasteiger partial charge in [-0.05, 0) is 48.4 Å². The monoisotopic (exact) mass is 496 g/mol. The molecule has 0 aliphatic carbocycles. The van der Waals surface area contributed by atoms with Crippen molar-refractivity contribution < 1.29 is 13.2 Å². The number of nitrogens with zero attached hydrogens (tertiary/aromatic N) is 1. The maximum Gasteiger partial charge on any atom is 0.224 e. The quantitative estimate of drug-likeness (QED) is 0.528. The first kappa shape index (κ1) is 25.0. The number of amides is 1. The number of carbonyl (C=O) groups excluding carboxylic acids is 1. The molecule has 1 fully saturated rings. The van der Waals surface area contributed by atoms with Gasteiger partial charge in [-0.15, -0.1) is 0 Å². The summed E-state index contributed by atoms with van der Waals surface area (Å²) in [6, 6.07) is 14.7. The molecule has 2 aromatic rings. The SMILES string of the molecule is CC(C)C[C@@H](NC(=O)[C@@H]1CCCN(S(=O)(=O)Cc2ccc(Cl)c(Cl)c2)C1)c1ccccc1. The molecule has 1 amide bonds. The van der Waals surface area contributed by atoms with E-state index in [1.807, 2.05) is 30.3 Å².